The zero-order valence-electron chi connectivity index (χ0n) is 10.0. The molecule has 1 unspecified atom stereocenters. The number of hydrogen-bond acceptors (Lipinski definition) is 1. The summed E-state index contributed by atoms with van der Waals surface area (Å²) in [5.41, 5.74) is 1.74. The zero-order valence-corrected chi connectivity index (χ0v) is 10.0. The van der Waals surface area contributed by atoms with E-state index < -0.39 is 11.6 Å². The average Bonchev–Trinajstić information content (AvgIpc) is 2.77. The number of hydrogen-bond donors (Lipinski definition) is 0. The molecular weight excluding hydrogens is 220 g/mol. The summed E-state index contributed by atoms with van der Waals surface area (Å²) < 4.78 is 27.2. The van der Waals surface area contributed by atoms with Gasteiger partial charge in [-0.2, -0.15) is 0 Å². The maximum absolute atomic E-state index is 13.6. The molecule has 0 radical (unpaired) electrons. The van der Waals surface area contributed by atoms with Gasteiger partial charge in [0.2, 0.25) is 0 Å². The van der Waals surface area contributed by atoms with Crippen LogP contribution in [0.5, 0.6) is 0 Å². The highest BCUT2D eigenvalue weighted by molar-refractivity contribution is 6.02. The average molecular weight is 235 g/mol. The highest BCUT2D eigenvalue weighted by atomic mass is 19.1. The van der Waals surface area contributed by atoms with Crippen molar-refractivity contribution in [1.82, 2.24) is 0 Å². The fourth-order valence-corrected chi connectivity index (χ4v) is 2.08. The van der Waals surface area contributed by atoms with E-state index in [4.69, 9.17) is 0 Å². The van der Waals surface area contributed by atoms with Gasteiger partial charge in [0.25, 0.3) is 0 Å². The largest absolute Gasteiger partial charge is 0.281 e. The van der Waals surface area contributed by atoms with Crippen molar-refractivity contribution in [3.05, 3.63) is 47.0 Å². The predicted molar refractivity (Wildman–Crippen MR) is 65.3 cm³/mol. The van der Waals surface area contributed by atoms with E-state index in [1.165, 1.54) is 18.2 Å². The van der Waals surface area contributed by atoms with Crippen molar-refractivity contribution in [1.29, 1.82) is 0 Å². The third kappa shape index (κ3) is 2.28. The third-order valence-electron chi connectivity index (χ3n) is 3.20. The van der Waals surface area contributed by atoms with Crippen LogP contribution in [0.4, 0.5) is 8.78 Å². The van der Waals surface area contributed by atoms with E-state index in [9.17, 15) is 8.78 Å². The van der Waals surface area contributed by atoms with Crippen LogP contribution in [0.1, 0.15) is 32.3 Å². The monoisotopic (exact) mass is 235 g/mol. The number of nitrogens with zero attached hydrogens (tertiary/aromatic N) is 1. The normalized spacial score (nSPS) is 20.6. The van der Waals surface area contributed by atoms with Crippen LogP contribution in [0.2, 0.25) is 0 Å². The topological polar surface area (TPSA) is 12.4 Å². The van der Waals surface area contributed by atoms with Gasteiger partial charge >= 0.3 is 0 Å². The molecule has 0 fully saturated rings. The van der Waals surface area contributed by atoms with Gasteiger partial charge in [0.1, 0.15) is 11.6 Å². The quantitative estimate of drug-likeness (QED) is 0.690. The van der Waals surface area contributed by atoms with E-state index in [0.717, 1.165) is 12.0 Å². The van der Waals surface area contributed by atoms with Crippen LogP contribution in [0.25, 0.3) is 0 Å². The Bertz CT molecular complexity index is 469. The predicted octanol–water partition coefficient (Wildman–Crippen LogP) is 3.88. The molecule has 0 saturated carbocycles. The molecule has 0 spiro atoms. The number of rotatable bonds is 2. The van der Waals surface area contributed by atoms with Gasteiger partial charge < -0.3 is 0 Å². The Morgan fingerprint density at radius 3 is 2.59 bits per heavy atom. The first-order valence-electron chi connectivity index (χ1n) is 5.77. The van der Waals surface area contributed by atoms with E-state index in [1.807, 2.05) is 19.9 Å². The Balaban J connectivity index is 2.37. The first-order chi connectivity index (χ1) is 8.13. The van der Waals surface area contributed by atoms with Crippen molar-refractivity contribution in [2.45, 2.75) is 32.7 Å². The summed E-state index contributed by atoms with van der Waals surface area (Å²) in [7, 11) is 0. The Hall–Kier alpha value is -1.51. The van der Waals surface area contributed by atoms with Crippen molar-refractivity contribution in [2.75, 3.05) is 0 Å². The molecule has 0 aliphatic carbocycles. The second-order valence-electron chi connectivity index (χ2n) is 4.26. The molecule has 1 aliphatic heterocycles. The first-order valence-corrected chi connectivity index (χ1v) is 5.77. The van der Waals surface area contributed by atoms with Gasteiger partial charge in [0.05, 0.1) is 11.6 Å². The lowest BCUT2D eigenvalue weighted by Crippen LogP contribution is -2.04. The van der Waals surface area contributed by atoms with Crippen molar-refractivity contribution < 1.29 is 8.78 Å². The van der Waals surface area contributed by atoms with Crippen molar-refractivity contribution in [3.8, 4) is 0 Å². The molecule has 0 N–H and O–H groups in total. The minimum absolute atomic E-state index is 0.0407. The number of allylic oxidation sites excluding steroid dienone is 1. The SMILES string of the molecule is C/C=C(\C)C1CCC(c2c(F)cccc2F)=N1. The van der Waals surface area contributed by atoms with E-state index in [2.05, 4.69) is 4.99 Å². The Kier molecular flexibility index (Phi) is 3.36. The zero-order chi connectivity index (χ0) is 12.4. The lowest BCUT2D eigenvalue weighted by Gasteiger charge is -2.05. The molecule has 0 amide bonds. The molecule has 1 aliphatic rings. The van der Waals surface area contributed by atoms with Crippen molar-refractivity contribution >= 4 is 5.71 Å². The van der Waals surface area contributed by atoms with Gasteiger partial charge in [-0.1, -0.05) is 17.7 Å². The highest BCUT2D eigenvalue weighted by Gasteiger charge is 2.23. The lowest BCUT2D eigenvalue weighted by molar-refractivity contribution is 0.578. The Morgan fingerprint density at radius 1 is 1.35 bits per heavy atom. The molecule has 1 aromatic carbocycles. The van der Waals surface area contributed by atoms with Gasteiger partial charge in [-0.05, 0) is 38.8 Å². The second-order valence-corrected chi connectivity index (χ2v) is 4.26. The molecule has 1 aromatic rings. The fraction of sp³-hybridized carbons (Fsp3) is 0.357. The van der Waals surface area contributed by atoms with Gasteiger partial charge in [-0.15, -0.1) is 0 Å². The highest BCUT2D eigenvalue weighted by Crippen LogP contribution is 2.26. The summed E-state index contributed by atoms with van der Waals surface area (Å²) in [5, 5.41) is 0. The van der Waals surface area contributed by atoms with Gasteiger partial charge in [0, 0.05) is 5.71 Å². The minimum Gasteiger partial charge on any atom is -0.281 e. The summed E-state index contributed by atoms with van der Waals surface area (Å²) >= 11 is 0. The van der Waals surface area contributed by atoms with Crippen LogP contribution in [-0.2, 0) is 0 Å². The molecule has 1 heterocycles. The van der Waals surface area contributed by atoms with Crippen LogP contribution >= 0.6 is 0 Å². The molecule has 1 atom stereocenters. The number of benzene rings is 1. The van der Waals surface area contributed by atoms with Gasteiger partial charge in [-0.3, -0.25) is 4.99 Å². The van der Waals surface area contributed by atoms with Crippen LogP contribution in [0.15, 0.2) is 34.8 Å². The molecule has 2 rings (SSSR count). The lowest BCUT2D eigenvalue weighted by atomic mass is 10.0. The molecule has 90 valence electrons. The van der Waals surface area contributed by atoms with Crippen molar-refractivity contribution in [2.24, 2.45) is 4.99 Å². The van der Waals surface area contributed by atoms with Crippen LogP contribution < -0.4 is 0 Å². The Labute approximate surface area is 99.9 Å². The van der Waals surface area contributed by atoms with Crippen LogP contribution in [0, 0.1) is 11.6 Å². The smallest absolute Gasteiger partial charge is 0.135 e. The Morgan fingerprint density at radius 2 is 2.00 bits per heavy atom. The standard InChI is InChI=1S/C14H15F2N/c1-3-9(2)12-7-8-13(17-12)14-10(15)5-4-6-11(14)16/h3-6,12H,7-8H2,1-2H3/b9-3+. The summed E-state index contributed by atoms with van der Waals surface area (Å²) in [4.78, 5) is 4.42. The first kappa shape index (κ1) is 12.0. The molecular formula is C14H15F2N. The van der Waals surface area contributed by atoms with E-state index >= 15 is 0 Å². The van der Waals surface area contributed by atoms with Crippen LogP contribution in [-0.4, -0.2) is 11.8 Å². The van der Waals surface area contributed by atoms with Crippen LogP contribution in [0.3, 0.4) is 0 Å². The fourth-order valence-electron chi connectivity index (χ4n) is 2.08. The van der Waals surface area contributed by atoms with E-state index in [0.29, 0.717) is 12.1 Å². The molecule has 0 saturated heterocycles. The molecule has 0 aromatic heterocycles. The van der Waals surface area contributed by atoms with Crippen molar-refractivity contribution in [3.63, 3.8) is 0 Å². The summed E-state index contributed by atoms with van der Waals surface area (Å²) in [6.07, 6.45) is 3.46. The number of aliphatic imine (C=N–C) groups is 1. The maximum atomic E-state index is 13.6. The third-order valence-corrected chi connectivity index (χ3v) is 3.20. The molecule has 1 nitrogen and oxygen atoms in total. The number of halogens is 2. The maximum Gasteiger partial charge on any atom is 0.135 e. The van der Waals surface area contributed by atoms with E-state index in [1.54, 1.807) is 0 Å². The molecule has 3 heteroatoms. The van der Waals surface area contributed by atoms with Gasteiger partial charge in [-0.25, -0.2) is 8.78 Å². The second kappa shape index (κ2) is 4.78. The van der Waals surface area contributed by atoms with E-state index in [-0.39, 0.29) is 11.6 Å². The molecule has 0 bridgehead atoms. The minimum atomic E-state index is -0.525. The summed E-state index contributed by atoms with van der Waals surface area (Å²) in [6.45, 7) is 3.95. The van der Waals surface area contributed by atoms with Gasteiger partial charge in [0.15, 0.2) is 0 Å². The summed E-state index contributed by atoms with van der Waals surface area (Å²) in [5.74, 6) is -1.05. The summed E-state index contributed by atoms with van der Waals surface area (Å²) in [6, 6.07) is 4.00. The molecule has 17 heavy (non-hydrogen) atoms.